The van der Waals surface area contributed by atoms with Crippen molar-refractivity contribution < 1.29 is 4.79 Å². The fraction of sp³-hybridized carbons (Fsp3) is 0.500. The van der Waals surface area contributed by atoms with E-state index in [1.54, 1.807) is 0 Å². The highest BCUT2D eigenvalue weighted by molar-refractivity contribution is 5.74. The van der Waals surface area contributed by atoms with Crippen LogP contribution < -0.4 is 11.5 Å². The van der Waals surface area contributed by atoms with Gasteiger partial charge in [0.1, 0.15) is 0 Å². The molecule has 0 fully saturated rings. The van der Waals surface area contributed by atoms with E-state index >= 15 is 0 Å². The van der Waals surface area contributed by atoms with Crippen LogP contribution in [-0.2, 0) is 11.2 Å². The molecule has 0 saturated heterocycles. The van der Waals surface area contributed by atoms with Crippen LogP contribution in [0, 0.1) is 0 Å². The number of carbonyl (C=O) groups excluding carboxylic acids is 1. The van der Waals surface area contributed by atoms with Crippen LogP contribution in [0.25, 0.3) is 0 Å². The molecule has 94 valence electrons. The first kappa shape index (κ1) is 13.7. The third kappa shape index (κ3) is 5.00. The number of amides is 1. The Labute approximate surface area is 103 Å². The second-order valence-electron chi connectivity index (χ2n) is 4.48. The van der Waals surface area contributed by atoms with Crippen molar-refractivity contribution >= 4 is 5.91 Å². The van der Waals surface area contributed by atoms with Crippen LogP contribution in [0.3, 0.4) is 0 Å². The van der Waals surface area contributed by atoms with E-state index in [0.29, 0.717) is 0 Å². The molecule has 1 aromatic rings. The Hall–Kier alpha value is -1.35. The molecule has 1 atom stereocenters. The zero-order valence-electron chi connectivity index (χ0n) is 10.5. The first-order valence-corrected chi connectivity index (χ1v) is 6.26. The Bertz CT molecular complexity index is 346. The van der Waals surface area contributed by atoms with Gasteiger partial charge in [-0.25, -0.2) is 0 Å². The summed E-state index contributed by atoms with van der Waals surface area (Å²) in [6.07, 6.45) is 5.04. The standard InChI is InChI=1S/C14H22N2O/c1-2-3-4-5-11-6-8-12(9-7-11)13(15)10-14(16)17/h6-9,13H,2-5,10,15H2,1H3,(H2,16,17). The monoisotopic (exact) mass is 234 g/mol. The zero-order chi connectivity index (χ0) is 12.7. The van der Waals surface area contributed by atoms with Crippen molar-refractivity contribution in [2.24, 2.45) is 11.5 Å². The number of nitrogens with two attached hydrogens (primary N) is 2. The van der Waals surface area contributed by atoms with Crippen LogP contribution in [0.4, 0.5) is 0 Å². The predicted molar refractivity (Wildman–Crippen MR) is 70.4 cm³/mol. The van der Waals surface area contributed by atoms with Crippen molar-refractivity contribution in [3.05, 3.63) is 35.4 Å². The average molecular weight is 234 g/mol. The van der Waals surface area contributed by atoms with E-state index in [1.807, 2.05) is 12.1 Å². The summed E-state index contributed by atoms with van der Waals surface area (Å²) >= 11 is 0. The molecule has 0 aliphatic carbocycles. The van der Waals surface area contributed by atoms with E-state index in [9.17, 15) is 4.79 Å². The first-order chi connectivity index (χ1) is 8.13. The Balaban J connectivity index is 2.52. The Morgan fingerprint density at radius 3 is 2.41 bits per heavy atom. The summed E-state index contributed by atoms with van der Waals surface area (Å²) in [6.45, 7) is 2.20. The van der Waals surface area contributed by atoms with Gasteiger partial charge >= 0.3 is 0 Å². The van der Waals surface area contributed by atoms with Crippen molar-refractivity contribution in [3.63, 3.8) is 0 Å². The highest BCUT2D eigenvalue weighted by Gasteiger charge is 2.08. The van der Waals surface area contributed by atoms with Crippen molar-refractivity contribution in [2.75, 3.05) is 0 Å². The van der Waals surface area contributed by atoms with Gasteiger partial charge in [0.15, 0.2) is 0 Å². The maximum atomic E-state index is 10.8. The van der Waals surface area contributed by atoms with Crippen LogP contribution in [0.2, 0.25) is 0 Å². The van der Waals surface area contributed by atoms with Gasteiger partial charge < -0.3 is 11.5 Å². The topological polar surface area (TPSA) is 69.1 Å². The minimum Gasteiger partial charge on any atom is -0.370 e. The van der Waals surface area contributed by atoms with Crippen LogP contribution in [0.15, 0.2) is 24.3 Å². The average Bonchev–Trinajstić information content (AvgIpc) is 2.29. The minimum atomic E-state index is -0.357. The number of unbranched alkanes of at least 4 members (excludes halogenated alkanes) is 2. The predicted octanol–water partition coefficient (Wildman–Crippen LogP) is 2.29. The van der Waals surface area contributed by atoms with E-state index < -0.39 is 0 Å². The summed E-state index contributed by atoms with van der Waals surface area (Å²) < 4.78 is 0. The number of hydrogen-bond donors (Lipinski definition) is 2. The SMILES string of the molecule is CCCCCc1ccc(C(N)CC(N)=O)cc1. The van der Waals surface area contributed by atoms with Crippen LogP contribution in [0.5, 0.6) is 0 Å². The molecule has 0 spiro atoms. The van der Waals surface area contributed by atoms with Crippen molar-refractivity contribution in [2.45, 2.75) is 45.1 Å². The van der Waals surface area contributed by atoms with Crippen LogP contribution in [-0.4, -0.2) is 5.91 Å². The number of primary amides is 1. The van der Waals surface area contributed by atoms with Gasteiger partial charge in [-0.05, 0) is 24.0 Å². The van der Waals surface area contributed by atoms with E-state index in [4.69, 9.17) is 11.5 Å². The number of carbonyl (C=O) groups is 1. The highest BCUT2D eigenvalue weighted by Crippen LogP contribution is 2.15. The van der Waals surface area contributed by atoms with Gasteiger partial charge in [-0.2, -0.15) is 0 Å². The maximum absolute atomic E-state index is 10.8. The molecule has 1 rings (SSSR count). The molecule has 0 bridgehead atoms. The van der Waals surface area contributed by atoms with Gasteiger partial charge in [0.2, 0.25) is 5.91 Å². The molecule has 0 saturated carbocycles. The lowest BCUT2D eigenvalue weighted by atomic mass is 10.0. The van der Waals surface area contributed by atoms with E-state index in [1.165, 1.54) is 24.8 Å². The minimum absolute atomic E-state index is 0.204. The van der Waals surface area contributed by atoms with E-state index in [2.05, 4.69) is 19.1 Å². The van der Waals surface area contributed by atoms with E-state index in [-0.39, 0.29) is 18.4 Å². The molecule has 0 aliphatic rings. The number of hydrogen-bond acceptors (Lipinski definition) is 2. The second kappa shape index (κ2) is 7.07. The van der Waals surface area contributed by atoms with Gasteiger partial charge in [0.25, 0.3) is 0 Å². The van der Waals surface area contributed by atoms with Crippen molar-refractivity contribution in [3.8, 4) is 0 Å². The lowest BCUT2D eigenvalue weighted by Crippen LogP contribution is -2.20. The fourth-order valence-corrected chi connectivity index (χ4v) is 1.85. The lowest BCUT2D eigenvalue weighted by Gasteiger charge is -2.10. The number of benzene rings is 1. The van der Waals surface area contributed by atoms with Gasteiger partial charge in [-0.1, -0.05) is 44.0 Å². The van der Waals surface area contributed by atoms with Crippen LogP contribution >= 0.6 is 0 Å². The first-order valence-electron chi connectivity index (χ1n) is 6.26. The van der Waals surface area contributed by atoms with E-state index in [0.717, 1.165) is 12.0 Å². The molecule has 1 amide bonds. The Morgan fingerprint density at radius 1 is 1.24 bits per heavy atom. The molecular weight excluding hydrogens is 212 g/mol. The summed E-state index contributed by atoms with van der Waals surface area (Å²) in [5.74, 6) is -0.357. The highest BCUT2D eigenvalue weighted by atomic mass is 16.1. The Kier molecular flexibility index (Phi) is 5.70. The number of aryl methyl sites for hydroxylation is 1. The molecule has 1 unspecified atom stereocenters. The molecule has 1 aromatic carbocycles. The van der Waals surface area contributed by atoms with Gasteiger partial charge in [-0.15, -0.1) is 0 Å². The van der Waals surface area contributed by atoms with Crippen molar-refractivity contribution in [1.29, 1.82) is 0 Å². The summed E-state index contributed by atoms with van der Waals surface area (Å²) in [6, 6.07) is 7.89. The molecular formula is C14H22N2O. The summed E-state index contributed by atoms with van der Waals surface area (Å²) in [5, 5.41) is 0. The molecule has 17 heavy (non-hydrogen) atoms. The Morgan fingerprint density at radius 2 is 1.88 bits per heavy atom. The quantitative estimate of drug-likeness (QED) is 0.711. The maximum Gasteiger partial charge on any atom is 0.219 e. The largest absolute Gasteiger partial charge is 0.370 e. The molecule has 3 heteroatoms. The van der Waals surface area contributed by atoms with Gasteiger partial charge in [0.05, 0.1) is 0 Å². The summed E-state index contributed by atoms with van der Waals surface area (Å²) in [5.41, 5.74) is 13.3. The van der Waals surface area contributed by atoms with Crippen LogP contribution in [0.1, 0.15) is 49.8 Å². The summed E-state index contributed by atoms with van der Waals surface area (Å²) in [4.78, 5) is 10.8. The third-order valence-electron chi connectivity index (χ3n) is 2.90. The van der Waals surface area contributed by atoms with Gasteiger partial charge in [0, 0.05) is 12.5 Å². The molecule has 0 aliphatic heterocycles. The van der Waals surface area contributed by atoms with Gasteiger partial charge in [-0.3, -0.25) is 4.79 Å². The smallest absolute Gasteiger partial charge is 0.219 e. The molecule has 0 aromatic heterocycles. The third-order valence-corrected chi connectivity index (χ3v) is 2.90. The van der Waals surface area contributed by atoms with Crippen molar-refractivity contribution in [1.82, 2.24) is 0 Å². The lowest BCUT2D eigenvalue weighted by molar-refractivity contribution is -0.118. The normalized spacial score (nSPS) is 12.4. The fourth-order valence-electron chi connectivity index (χ4n) is 1.85. The molecule has 4 N–H and O–H groups in total. The molecule has 3 nitrogen and oxygen atoms in total. The number of rotatable bonds is 7. The summed E-state index contributed by atoms with van der Waals surface area (Å²) in [7, 11) is 0. The second-order valence-corrected chi connectivity index (χ2v) is 4.48. The zero-order valence-corrected chi connectivity index (χ0v) is 10.5. The molecule has 0 heterocycles. The molecule has 0 radical (unpaired) electrons.